The normalized spacial score (nSPS) is 48.0. The summed E-state index contributed by atoms with van der Waals surface area (Å²) in [6, 6.07) is 0. The summed E-state index contributed by atoms with van der Waals surface area (Å²) < 4.78 is 15.6. The van der Waals surface area contributed by atoms with Crippen molar-refractivity contribution < 1.29 is 50.0 Å². The summed E-state index contributed by atoms with van der Waals surface area (Å²) in [5.41, 5.74) is 8.42. The van der Waals surface area contributed by atoms with Crippen LogP contribution in [0.3, 0.4) is 0 Å². The molecule has 1 unspecified atom stereocenters. The van der Waals surface area contributed by atoms with Gasteiger partial charge in [0.05, 0.1) is 13.2 Å². The summed E-state index contributed by atoms with van der Waals surface area (Å²) in [4.78, 5) is 2.46. The molecule has 10 atom stereocenters. The Morgan fingerprint density at radius 2 is 1.48 bits per heavy atom. The summed E-state index contributed by atoms with van der Waals surface area (Å²) in [6.45, 7) is -1.37. The fourth-order valence-corrected chi connectivity index (χ4v) is 2.72. The van der Waals surface area contributed by atoms with Crippen molar-refractivity contribution in [3.05, 3.63) is 10.4 Å². The van der Waals surface area contributed by atoms with Gasteiger partial charge in [0, 0.05) is 4.91 Å². The number of azide groups is 1. The van der Waals surface area contributed by atoms with Gasteiger partial charge >= 0.3 is 0 Å². The summed E-state index contributed by atoms with van der Waals surface area (Å²) >= 11 is 0. The van der Waals surface area contributed by atoms with Gasteiger partial charge in [-0.1, -0.05) is 5.11 Å². The van der Waals surface area contributed by atoms with E-state index in [1.807, 2.05) is 0 Å². The topological polar surface area (TPSA) is 218 Å². The van der Waals surface area contributed by atoms with Crippen molar-refractivity contribution in [3.8, 4) is 0 Å². The van der Waals surface area contributed by atoms with Gasteiger partial charge in [-0.15, -0.1) is 0 Å². The van der Waals surface area contributed by atoms with E-state index in [1.54, 1.807) is 0 Å². The minimum absolute atomic E-state index is 0.681. The van der Waals surface area contributed by atoms with Gasteiger partial charge in [-0.2, -0.15) is 0 Å². The first kappa shape index (κ1) is 20.2. The third kappa shape index (κ3) is 4.02. The van der Waals surface area contributed by atoms with Crippen LogP contribution in [0.5, 0.6) is 0 Å². The number of rotatable bonds is 5. The lowest BCUT2D eigenvalue weighted by molar-refractivity contribution is -0.341. The van der Waals surface area contributed by atoms with E-state index in [0.717, 1.165) is 0 Å². The Morgan fingerprint density at radius 1 is 0.840 bits per heavy atom. The van der Waals surface area contributed by atoms with Gasteiger partial charge < -0.3 is 50.0 Å². The summed E-state index contributed by atoms with van der Waals surface area (Å²) in [5, 5.41) is 71.1. The average molecular weight is 367 g/mol. The molecular formula is C12H21N3O10. The standard InChI is InChI=1S/C12H21N3O10/c13-15-14-11-8(21)7(20)10(4(2-17)23-11)25-12-9(22)6(19)5(18)3(1-16)24-12/h3-12,16-22H,1-2H2/t3-,4-,5+,6+,7-,8-,9-,10+,11?,12-/m1/s1. The largest absolute Gasteiger partial charge is 0.394 e. The van der Waals surface area contributed by atoms with Crippen molar-refractivity contribution in [2.75, 3.05) is 13.2 Å². The molecule has 2 fully saturated rings. The molecule has 2 rings (SSSR count). The molecule has 0 amide bonds. The molecule has 0 aromatic carbocycles. The summed E-state index contributed by atoms with van der Waals surface area (Å²) in [5.74, 6) is 0. The molecule has 0 aromatic heterocycles. The van der Waals surface area contributed by atoms with E-state index in [9.17, 15) is 30.6 Å². The zero-order valence-corrected chi connectivity index (χ0v) is 12.9. The molecule has 25 heavy (non-hydrogen) atoms. The van der Waals surface area contributed by atoms with E-state index in [0.29, 0.717) is 0 Å². The molecule has 2 aliphatic rings. The Labute approximate surface area is 141 Å². The van der Waals surface area contributed by atoms with Gasteiger partial charge in [0.1, 0.15) is 48.8 Å². The average Bonchev–Trinajstić information content (AvgIpc) is 2.61. The molecule has 0 spiro atoms. The number of nitrogens with zero attached hydrogens (tertiary/aromatic N) is 3. The van der Waals surface area contributed by atoms with Crippen LogP contribution in [-0.4, -0.2) is 110 Å². The fraction of sp³-hybridized carbons (Fsp3) is 1.00. The Morgan fingerprint density at radius 3 is 2.04 bits per heavy atom. The quantitative estimate of drug-likeness (QED) is 0.141. The van der Waals surface area contributed by atoms with E-state index in [2.05, 4.69) is 10.0 Å². The van der Waals surface area contributed by atoms with Crippen molar-refractivity contribution in [2.45, 2.75) is 61.3 Å². The second-order valence-electron chi connectivity index (χ2n) is 5.73. The maximum absolute atomic E-state index is 10.1. The van der Waals surface area contributed by atoms with Gasteiger partial charge in [0.25, 0.3) is 0 Å². The van der Waals surface area contributed by atoms with E-state index in [1.165, 1.54) is 0 Å². The molecule has 0 saturated carbocycles. The molecule has 2 saturated heterocycles. The van der Waals surface area contributed by atoms with Crippen LogP contribution < -0.4 is 0 Å². The van der Waals surface area contributed by atoms with E-state index in [-0.39, 0.29) is 0 Å². The predicted molar refractivity (Wildman–Crippen MR) is 75.5 cm³/mol. The van der Waals surface area contributed by atoms with Gasteiger partial charge in [-0.3, -0.25) is 0 Å². The van der Waals surface area contributed by atoms with Crippen LogP contribution in [0.1, 0.15) is 0 Å². The molecule has 0 aromatic rings. The fourth-order valence-electron chi connectivity index (χ4n) is 2.72. The highest BCUT2D eigenvalue weighted by atomic mass is 16.7. The smallest absolute Gasteiger partial charge is 0.187 e. The van der Waals surface area contributed by atoms with Crippen LogP contribution in [0.15, 0.2) is 5.11 Å². The lowest BCUT2D eigenvalue weighted by Gasteiger charge is -2.45. The molecule has 13 nitrogen and oxygen atoms in total. The molecule has 0 aliphatic carbocycles. The van der Waals surface area contributed by atoms with Gasteiger partial charge in [-0.25, -0.2) is 0 Å². The van der Waals surface area contributed by atoms with Crippen LogP contribution in [0.2, 0.25) is 0 Å². The van der Waals surface area contributed by atoms with Crippen molar-refractivity contribution >= 4 is 0 Å². The molecule has 144 valence electrons. The predicted octanol–water partition coefficient (Wildman–Crippen LogP) is -4.08. The third-order valence-electron chi connectivity index (χ3n) is 4.14. The monoisotopic (exact) mass is 367 g/mol. The first-order valence-corrected chi connectivity index (χ1v) is 7.48. The minimum atomic E-state index is -1.74. The highest BCUT2D eigenvalue weighted by molar-refractivity contribution is 4.95. The second-order valence-corrected chi connectivity index (χ2v) is 5.73. The SMILES string of the molecule is [N-]=[N+]=NC1O[C@H](CO)[C@H](O[C@H]2O[C@H](CO)[C@H](O)[C@H](O)[C@H]2O)[C@H](O)[C@H]1O. The van der Waals surface area contributed by atoms with E-state index in [4.69, 9.17) is 24.8 Å². The van der Waals surface area contributed by atoms with Gasteiger partial charge in [0.2, 0.25) is 0 Å². The molecule has 13 heteroatoms. The lowest BCUT2D eigenvalue weighted by Crippen LogP contribution is -2.64. The van der Waals surface area contributed by atoms with Crippen LogP contribution >= 0.6 is 0 Å². The lowest BCUT2D eigenvalue weighted by atomic mass is 9.96. The van der Waals surface area contributed by atoms with E-state index < -0.39 is 74.6 Å². The van der Waals surface area contributed by atoms with Crippen LogP contribution in [0.25, 0.3) is 10.4 Å². The Hall–Kier alpha value is -1.09. The van der Waals surface area contributed by atoms with Crippen molar-refractivity contribution in [1.82, 2.24) is 0 Å². The number of aliphatic hydroxyl groups excluding tert-OH is 7. The van der Waals surface area contributed by atoms with Crippen molar-refractivity contribution in [3.63, 3.8) is 0 Å². The molecule has 7 N–H and O–H groups in total. The number of ether oxygens (including phenoxy) is 3. The molecular weight excluding hydrogens is 346 g/mol. The Balaban J connectivity index is 2.15. The van der Waals surface area contributed by atoms with Gasteiger partial charge in [0.15, 0.2) is 12.5 Å². The van der Waals surface area contributed by atoms with E-state index >= 15 is 0 Å². The molecule has 2 aliphatic heterocycles. The second kappa shape index (κ2) is 8.53. The van der Waals surface area contributed by atoms with Gasteiger partial charge in [-0.05, 0) is 5.53 Å². The highest BCUT2D eigenvalue weighted by Crippen LogP contribution is 2.29. The van der Waals surface area contributed by atoms with Crippen molar-refractivity contribution in [1.29, 1.82) is 0 Å². The Kier molecular flexibility index (Phi) is 6.90. The molecule has 2 heterocycles. The van der Waals surface area contributed by atoms with Crippen LogP contribution in [-0.2, 0) is 14.2 Å². The number of aliphatic hydroxyl groups is 7. The summed E-state index contributed by atoms with van der Waals surface area (Å²) in [7, 11) is 0. The third-order valence-corrected chi connectivity index (χ3v) is 4.14. The number of hydrogen-bond acceptors (Lipinski definition) is 11. The first-order chi connectivity index (χ1) is 11.8. The molecule has 0 radical (unpaired) electrons. The molecule has 0 bridgehead atoms. The van der Waals surface area contributed by atoms with Crippen LogP contribution in [0, 0.1) is 0 Å². The zero-order valence-electron chi connectivity index (χ0n) is 12.9. The maximum atomic E-state index is 10.1. The van der Waals surface area contributed by atoms with Crippen molar-refractivity contribution in [2.24, 2.45) is 5.11 Å². The maximum Gasteiger partial charge on any atom is 0.187 e. The highest BCUT2D eigenvalue weighted by Gasteiger charge is 2.50. The zero-order chi connectivity index (χ0) is 18.7. The summed E-state index contributed by atoms with van der Waals surface area (Å²) in [6.07, 6.45) is -15.4. The number of hydrogen-bond donors (Lipinski definition) is 7. The Bertz CT molecular complexity index is 488. The van der Waals surface area contributed by atoms with Crippen LogP contribution in [0.4, 0.5) is 0 Å². The first-order valence-electron chi connectivity index (χ1n) is 7.48. The minimum Gasteiger partial charge on any atom is -0.394 e.